The van der Waals surface area contributed by atoms with Crippen LogP contribution >= 0.6 is 0 Å². The number of amides is 4. The van der Waals surface area contributed by atoms with E-state index in [0.717, 1.165) is 54.9 Å². The predicted molar refractivity (Wildman–Crippen MR) is 201 cm³/mol. The minimum absolute atomic E-state index is 0.0416. The largest absolute Gasteiger partial charge is 0.490 e. The van der Waals surface area contributed by atoms with Gasteiger partial charge in [-0.2, -0.15) is 4.98 Å². The van der Waals surface area contributed by atoms with Crippen LogP contribution in [0.4, 0.5) is 5.69 Å². The fourth-order valence-electron chi connectivity index (χ4n) is 8.37. The zero-order valence-corrected chi connectivity index (χ0v) is 30.7. The molecule has 0 bridgehead atoms. The number of ether oxygens (including phenoxy) is 2. The summed E-state index contributed by atoms with van der Waals surface area (Å²) in [6.45, 7) is 1.71. The third-order valence-corrected chi connectivity index (χ3v) is 11.3. The number of aryl methyl sites for hydroxylation is 1. The average Bonchev–Trinajstić information content (AvgIpc) is 3.74. The standard InChI is InChI=1S/C42H39N7O7/c1-24-45-38(48-56-24)37-43-22-32(23-44-37)55-30-12-7-26(8-13-30)42(17-3-2-4-18-42)25-5-10-29(11-6-25)54-31-19-28(20-31)46-27-9-14-33-34(21-27)41(53)49(40(33)52)35-15-16-36(50)47-39(35)51/h5-14,21-23,28,31,35,46H,2-4,15-20H2,1H3,(H,47,50,51)/t28-,31-,35?. The van der Waals surface area contributed by atoms with Gasteiger partial charge < -0.3 is 19.3 Å². The number of nitrogens with zero attached hydrogens (tertiary/aromatic N) is 5. The minimum Gasteiger partial charge on any atom is -0.490 e. The molecule has 56 heavy (non-hydrogen) atoms. The lowest BCUT2D eigenvalue weighted by atomic mass is 9.65. The number of carbonyl (C=O) groups is 4. The lowest BCUT2D eigenvalue weighted by Crippen LogP contribution is -2.54. The number of fused-ring (bicyclic) bond motifs is 1. The molecule has 0 spiro atoms. The molecular formula is C42H39N7O7. The highest BCUT2D eigenvalue weighted by Crippen LogP contribution is 2.46. The number of rotatable bonds is 10. The lowest BCUT2D eigenvalue weighted by Gasteiger charge is -2.39. The van der Waals surface area contributed by atoms with E-state index < -0.39 is 29.7 Å². The number of imide groups is 2. The number of nitrogens with one attached hydrogen (secondary N) is 2. The summed E-state index contributed by atoms with van der Waals surface area (Å²) in [7, 11) is 0. The first-order valence-corrected chi connectivity index (χ1v) is 19.0. The highest BCUT2D eigenvalue weighted by Gasteiger charge is 2.45. The Morgan fingerprint density at radius 1 is 0.804 bits per heavy atom. The van der Waals surface area contributed by atoms with Crippen molar-refractivity contribution in [3.63, 3.8) is 0 Å². The van der Waals surface area contributed by atoms with Gasteiger partial charge in [-0.05, 0) is 72.9 Å². The summed E-state index contributed by atoms with van der Waals surface area (Å²) in [5.41, 5.74) is 3.66. The Morgan fingerprint density at radius 2 is 1.48 bits per heavy atom. The third-order valence-electron chi connectivity index (χ3n) is 11.3. The van der Waals surface area contributed by atoms with Gasteiger partial charge >= 0.3 is 0 Å². The van der Waals surface area contributed by atoms with E-state index in [1.54, 1.807) is 37.5 Å². The molecule has 1 unspecified atom stereocenters. The number of carbonyl (C=O) groups excluding carboxylic acids is 4. The summed E-state index contributed by atoms with van der Waals surface area (Å²) in [4.78, 5) is 64.0. The van der Waals surface area contributed by atoms with Gasteiger partial charge in [0.05, 0.1) is 23.5 Å². The summed E-state index contributed by atoms with van der Waals surface area (Å²) < 4.78 is 17.4. The Balaban J connectivity index is 0.806. The fraction of sp³-hybridized carbons (Fsp3) is 0.333. The molecule has 4 aliphatic rings. The molecule has 14 heteroatoms. The van der Waals surface area contributed by atoms with Crippen molar-refractivity contribution in [3.05, 3.63) is 107 Å². The lowest BCUT2D eigenvalue weighted by molar-refractivity contribution is -0.136. The summed E-state index contributed by atoms with van der Waals surface area (Å²) >= 11 is 0. The van der Waals surface area contributed by atoms with E-state index in [2.05, 4.69) is 67.1 Å². The van der Waals surface area contributed by atoms with Gasteiger partial charge in [-0.15, -0.1) is 0 Å². The van der Waals surface area contributed by atoms with Crippen LogP contribution in [0.3, 0.4) is 0 Å². The van der Waals surface area contributed by atoms with Crippen LogP contribution in [0, 0.1) is 6.92 Å². The smallest absolute Gasteiger partial charge is 0.262 e. The monoisotopic (exact) mass is 753 g/mol. The zero-order valence-electron chi connectivity index (χ0n) is 30.7. The van der Waals surface area contributed by atoms with Gasteiger partial charge in [0.2, 0.25) is 29.4 Å². The van der Waals surface area contributed by atoms with Gasteiger partial charge in [-0.3, -0.25) is 29.4 Å². The first kappa shape index (κ1) is 35.3. The maximum Gasteiger partial charge on any atom is 0.262 e. The summed E-state index contributed by atoms with van der Waals surface area (Å²) in [6, 6.07) is 21.1. The van der Waals surface area contributed by atoms with Crippen molar-refractivity contribution in [1.82, 2.24) is 30.3 Å². The summed E-state index contributed by atoms with van der Waals surface area (Å²) in [6.07, 6.45) is 10.6. The predicted octanol–water partition coefficient (Wildman–Crippen LogP) is 6.30. The molecule has 3 aromatic carbocycles. The van der Waals surface area contributed by atoms with Gasteiger partial charge in [-0.25, -0.2) is 9.97 Å². The van der Waals surface area contributed by atoms with Gasteiger partial charge in [-0.1, -0.05) is 48.7 Å². The fourth-order valence-corrected chi connectivity index (χ4v) is 8.37. The van der Waals surface area contributed by atoms with Crippen LogP contribution in [0.2, 0.25) is 0 Å². The van der Waals surface area contributed by atoms with E-state index in [1.165, 1.54) is 17.5 Å². The molecule has 284 valence electrons. The topological polar surface area (TPSA) is 179 Å². The summed E-state index contributed by atoms with van der Waals surface area (Å²) in [5.74, 6) is 1.11. The maximum absolute atomic E-state index is 13.2. The SMILES string of the molecule is Cc1nc(-c2ncc(Oc3ccc(C4(c5ccc(O[C@H]6C[C@H](Nc7ccc8c(c7)C(=O)N(C7CCC(=O)NC7=O)C8=O)C6)cc5)CCCCC4)cc3)cn2)no1. The molecule has 2 N–H and O–H groups in total. The van der Waals surface area contributed by atoms with Crippen molar-refractivity contribution < 1.29 is 33.2 Å². The second-order valence-corrected chi connectivity index (χ2v) is 14.9. The van der Waals surface area contributed by atoms with Gasteiger partial charge in [0.25, 0.3) is 11.8 Å². The molecule has 2 saturated carbocycles. The second kappa shape index (κ2) is 14.3. The summed E-state index contributed by atoms with van der Waals surface area (Å²) in [5, 5.41) is 9.55. The highest BCUT2D eigenvalue weighted by atomic mass is 16.5. The van der Waals surface area contributed by atoms with Crippen LogP contribution in [0.15, 0.2) is 83.6 Å². The number of anilines is 1. The van der Waals surface area contributed by atoms with Crippen LogP contribution < -0.4 is 20.1 Å². The van der Waals surface area contributed by atoms with Crippen LogP contribution in [-0.4, -0.2) is 66.8 Å². The highest BCUT2D eigenvalue weighted by molar-refractivity contribution is 6.23. The molecular weight excluding hydrogens is 715 g/mol. The van der Waals surface area contributed by atoms with Crippen LogP contribution in [0.25, 0.3) is 11.6 Å². The Labute approximate surface area is 322 Å². The Hall–Kier alpha value is -6.44. The van der Waals surface area contributed by atoms with Crippen LogP contribution in [0.1, 0.15) is 95.5 Å². The zero-order chi connectivity index (χ0) is 38.4. The molecule has 4 heterocycles. The van der Waals surface area contributed by atoms with Crippen molar-refractivity contribution in [1.29, 1.82) is 0 Å². The molecule has 1 atom stereocenters. The first-order valence-electron chi connectivity index (χ1n) is 19.0. The molecule has 14 nitrogen and oxygen atoms in total. The number of aromatic nitrogens is 4. The van der Waals surface area contributed by atoms with Crippen molar-refractivity contribution in [2.24, 2.45) is 0 Å². The van der Waals surface area contributed by atoms with Crippen LogP contribution in [0.5, 0.6) is 17.2 Å². The molecule has 3 fully saturated rings. The molecule has 0 radical (unpaired) electrons. The molecule has 4 amide bonds. The average molecular weight is 754 g/mol. The quantitative estimate of drug-likeness (QED) is 0.152. The molecule has 2 aromatic heterocycles. The Bertz CT molecular complexity index is 2310. The normalized spacial score (nSPS) is 21.6. The molecule has 5 aromatic rings. The van der Waals surface area contributed by atoms with E-state index >= 15 is 0 Å². The van der Waals surface area contributed by atoms with Crippen molar-refractivity contribution in [3.8, 4) is 28.9 Å². The number of hydrogen-bond donors (Lipinski definition) is 2. The number of hydrogen-bond acceptors (Lipinski definition) is 12. The van der Waals surface area contributed by atoms with Gasteiger partial charge in [0, 0.05) is 43.3 Å². The van der Waals surface area contributed by atoms with E-state index in [-0.39, 0.29) is 41.5 Å². The van der Waals surface area contributed by atoms with E-state index in [4.69, 9.17) is 14.0 Å². The molecule has 9 rings (SSSR count). The van der Waals surface area contributed by atoms with E-state index in [9.17, 15) is 19.2 Å². The molecule has 2 aliphatic carbocycles. The second-order valence-electron chi connectivity index (χ2n) is 14.9. The van der Waals surface area contributed by atoms with Crippen molar-refractivity contribution in [2.75, 3.05) is 5.32 Å². The Morgan fingerprint density at radius 3 is 2.14 bits per heavy atom. The number of benzene rings is 3. The first-order chi connectivity index (χ1) is 27.2. The molecule has 2 aliphatic heterocycles. The van der Waals surface area contributed by atoms with E-state index in [0.29, 0.717) is 29.0 Å². The third kappa shape index (κ3) is 6.65. The number of piperidine rings is 1. The van der Waals surface area contributed by atoms with Gasteiger partial charge in [0.15, 0.2) is 5.75 Å². The van der Waals surface area contributed by atoms with Gasteiger partial charge in [0.1, 0.15) is 23.6 Å². The van der Waals surface area contributed by atoms with Crippen molar-refractivity contribution in [2.45, 2.75) is 88.3 Å². The molecule has 1 saturated heterocycles. The van der Waals surface area contributed by atoms with Crippen molar-refractivity contribution >= 4 is 29.3 Å². The van der Waals surface area contributed by atoms with Crippen LogP contribution in [-0.2, 0) is 15.0 Å². The minimum atomic E-state index is -0.989. The van der Waals surface area contributed by atoms with E-state index in [1.807, 2.05) is 12.1 Å². The Kier molecular flexibility index (Phi) is 9.02. The maximum atomic E-state index is 13.2.